The van der Waals surface area contributed by atoms with Gasteiger partial charge in [-0.15, -0.1) is 0 Å². The Bertz CT molecular complexity index is 636. The third-order valence-electron chi connectivity index (χ3n) is 10.0. The number of hydrogen-bond acceptors (Lipinski definition) is 1. The summed E-state index contributed by atoms with van der Waals surface area (Å²) in [5.74, 6) is 0. The molecule has 0 atom stereocenters. The molecule has 0 aromatic rings. The maximum atomic E-state index is 13.5. The zero-order valence-electron chi connectivity index (χ0n) is 31.6. The second kappa shape index (κ2) is 35.1. The van der Waals surface area contributed by atoms with Gasteiger partial charge in [-0.3, -0.25) is 0 Å². The van der Waals surface area contributed by atoms with E-state index in [1.165, 1.54) is 205 Å². The standard InChI is InChI=1S/C43H82N2O/c1-3-5-7-9-11-13-15-17-19-21-23-25-27-29-31-35-39-44(43(46)45-41-37-33-34-38-42-45)40-36-32-30-28-26-24-22-20-18-16-14-12-10-8-6-4-2/h17-20H,3-16,21-42H2,1-2H3. The topological polar surface area (TPSA) is 23.6 Å². The summed E-state index contributed by atoms with van der Waals surface area (Å²) >= 11 is 0. The zero-order chi connectivity index (χ0) is 33.0. The molecule has 0 aromatic heterocycles. The van der Waals surface area contributed by atoms with Gasteiger partial charge in [0.15, 0.2) is 0 Å². The summed E-state index contributed by atoms with van der Waals surface area (Å²) in [6.45, 7) is 8.44. The molecule has 1 rings (SSSR count). The lowest BCUT2D eigenvalue weighted by atomic mass is 10.1. The molecule has 1 heterocycles. The SMILES string of the molecule is CCCCCCCCC=CCCCCCCCCN(CCCCCCCCC=CCCCCCCCC)C(=O)N1CCCCCC1. The van der Waals surface area contributed by atoms with Crippen LogP contribution in [0, 0.1) is 0 Å². The van der Waals surface area contributed by atoms with Crippen LogP contribution < -0.4 is 0 Å². The van der Waals surface area contributed by atoms with Crippen molar-refractivity contribution in [2.75, 3.05) is 26.2 Å². The molecule has 0 radical (unpaired) electrons. The molecular formula is C43H82N2O. The van der Waals surface area contributed by atoms with Crippen molar-refractivity contribution in [3.05, 3.63) is 24.3 Å². The molecule has 0 spiro atoms. The lowest BCUT2D eigenvalue weighted by Gasteiger charge is -2.30. The molecule has 0 bridgehead atoms. The fourth-order valence-corrected chi connectivity index (χ4v) is 6.87. The number of carbonyl (C=O) groups is 1. The average Bonchev–Trinajstić information content (AvgIpc) is 3.36. The molecular weight excluding hydrogens is 560 g/mol. The Hall–Kier alpha value is -1.25. The summed E-state index contributed by atoms with van der Waals surface area (Å²) < 4.78 is 0. The van der Waals surface area contributed by atoms with E-state index in [1.54, 1.807) is 0 Å². The highest BCUT2D eigenvalue weighted by molar-refractivity contribution is 5.74. The fourth-order valence-electron chi connectivity index (χ4n) is 6.87. The third-order valence-corrected chi connectivity index (χ3v) is 10.0. The number of carbonyl (C=O) groups excluding carboxylic acids is 1. The van der Waals surface area contributed by atoms with Crippen molar-refractivity contribution in [2.45, 2.75) is 219 Å². The van der Waals surface area contributed by atoms with Crippen LogP contribution >= 0.6 is 0 Å². The van der Waals surface area contributed by atoms with Gasteiger partial charge in [0, 0.05) is 26.2 Å². The number of hydrogen-bond donors (Lipinski definition) is 0. The Morgan fingerprint density at radius 1 is 0.435 bits per heavy atom. The molecule has 0 unspecified atom stereocenters. The molecule has 0 N–H and O–H groups in total. The maximum Gasteiger partial charge on any atom is 0.319 e. The first-order valence-electron chi connectivity index (χ1n) is 21.1. The Morgan fingerprint density at radius 2 is 0.739 bits per heavy atom. The first-order valence-corrected chi connectivity index (χ1v) is 21.1. The lowest BCUT2D eigenvalue weighted by molar-refractivity contribution is 0.152. The van der Waals surface area contributed by atoms with Crippen molar-refractivity contribution in [1.29, 1.82) is 0 Å². The predicted molar refractivity (Wildman–Crippen MR) is 206 cm³/mol. The number of allylic oxidation sites excluding steroid dienone is 4. The zero-order valence-corrected chi connectivity index (χ0v) is 31.6. The second-order valence-electron chi connectivity index (χ2n) is 14.5. The number of amides is 2. The van der Waals surface area contributed by atoms with Gasteiger partial charge in [0.2, 0.25) is 0 Å². The van der Waals surface area contributed by atoms with Gasteiger partial charge in [-0.2, -0.15) is 0 Å². The normalized spacial score (nSPS) is 14.1. The van der Waals surface area contributed by atoms with E-state index in [2.05, 4.69) is 48.0 Å². The van der Waals surface area contributed by atoms with Gasteiger partial charge >= 0.3 is 6.03 Å². The third kappa shape index (κ3) is 27.8. The van der Waals surface area contributed by atoms with Crippen molar-refractivity contribution in [3.8, 4) is 0 Å². The molecule has 3 heteroatoms. The van der Waals surface area contributed by atoms with Crippen molar-refractivity contribution in [3.63, 3.8) is 0 Å². The van der Waals surface area contributed by atoms with Crippen molar-refractivity contribution >= 4 is 6.03 Å². The lowest BCUT2D eigenvalue weighted by Crippen LogP contribution is -2.44. The highest BCUT2D eigenvalue weighted by Gasteiger charge is 2.21. The first kappa shape index (κ1) is 42.8. The summed E-state index contributed by atoms with van der Waals surface area (Å²) in [6, 6.07) is 0.336. The van der Waals surface area contributed by atoms with E-state index in [-0.39, 0.29) is 0 Å². The molecule has 3 nitrogen and oxygen atoms in total. The molecule has 0 saturated carbocycles. The second-order valence-corrected chi connectivity index (χ2v) is 14.5. The van der Waals surface area contributed by atoms with Gasteiger partial charge in [-0.25, -0.2) is 4.79 Å². The molecule has 0 aliphatic carbocycles. The molecule has 270 valence electrons. The van der Waals surface area contributed by atoms with Crippen LogP contribution in [0.5, 0.6) is 0 Å². The Kier molecular flexibility index (Phi) is 32.6. The predicted octanol–water partition coefficient (Wildman–Crippen LogP) is 14.4. The van der Waals surface area contributed by atoms with E-state index in [4.69, 9.17) is 0 Å². The Morgan fingerprint density at radius 3 is 1.09 bits per heavy atom. The van der Waals surface area contributed by atoms with E-state index >= 15 is 0 Å². The summed E-state index contributed by atoms with van der Waals surface area (Å²) in [4.78, 5) is 17.9. The minimum atomic E-state index is 0.336. The maximum absolute atomic E-state index is 13.5. The van der Waals surface area contributed by atoms with Crippen LogP contribution in [-0.4, -0.2) is 42.0 Å². The van der Waals surface area contributed by atoms with E-state index in [1.807, 2.05) is 0 Å². The molecule has 46 heavy (non-hydrogen) atoms. The van der Waals surface area contributed by atoms with Crippen LogP contribution in [0.1, 0.15) is 219 Å². The van der Waals surface area contributed by atoms with Crippen molar-refractivity contribution in [1.82, 2.24) is 9.80 Å². The summed E-state index contributed by atoms with van der Waals surface area (Å²) in [6.07, 6.45) is 52.0. The minimum Gasteiger partial charge on any atom is -0.325 e. The van der Waals surface area contributed by atoms with Gasteiger partial charge in [-0.05, 0) is 77.0 Å². The Balaban J connectivity index is 2.12. The highest BCUT2D eigenvalue weighted by Crippen LogP contribution is 2.16. The molecule has 1 saturated heterocycles. The Labute approximate surface area is 289 Å². The molecule has 1 fully saturated rings. The van der Waals surface area contributed by atoms with Crippen LogP contribution in [0.25, 0.3) is 0 Å². The quantitative estimate of drug-likeness (QED) is 0.0529. The van der Waals surface area contributed by atoms with E-state index in [9.17, 15) is 4.79 Å². The van der Waals surface area contributed by atoms with Gasteiger partial charge in [0.1, 0.15) is 0 Å². The number of urea groups is 1. The van der Waals surface area contributed by atoms with Gasteiger partial charge in [-0.1, -0.05) is 167 Å². The molecule has 0 aromatic carbocycles. The van der Waals surface area contributed by atoms with Gasteiger partial charge in [0.25, 0.3) is 0 Å². The number of rotatable bonds is 32. The van der Waals surface area contributed by atoms with Gasteiger partial charge < -0.3 is 9.80 Å². The number of unbranched alkanes of at least 4 members (excludes halogenated alkanes) is 24. The minimum absolute atomic E-state index is 0.336. The highest BCUT2D eigenvalue weighted by atomic mass is 16.2. The van der Waals surface area contributed by atoms with Crippen molar-refractivity contribution in [2.24, 2.45) is 0 Å². The van der Waals surface area contributed by atoms with Gasteiger partial charge in [0.05, 0.1) is 0 Å². The molecule has 2 amide bonds. The largest absolute Gasteiger partial charge is 0.325 e. The average molecular weight is 643 g/mol. The summed E-state index contributed by atoms with van der Waals surface area (Å²) in [5, 5.41) is 0. The summed E-state index contributed by atoms with van der Waals surface area (Å²) in [5.41, 5.74) is 0. The number of likely N-dealkylation sites (tertiary alicyclic amines) is 1. The molecule has 1 aliphatic rings. The van der Waals surface area contributed by atoms with E-state index < -0.39 is 0 Å². The van der Waals surface area contributed by atoms with E-state index in [0.717, 1.165) is 26.2 Å². The summed E-state index contributed by atoms with van der Waals surface area (Å²) in [7, 11) is 0. The van der Waals surface area contributed by atoms with E-state index in [0.29, 0.717) is 6.03 Å². The van der Waals surface area contributed by atoms with Crippen LogP contribution in [0.3, 0.4) is 0 Å². The van der Waals surface area contributed by atoms with Crippen LogP contribution in [-0.2, 0) is 0 Å². The number of nitrogens with zero attached hydrogens (tertiary/aromatic N) is 2. The fraction of sp³-hybridized carbons (Fsp3) is 0.884. The van der Waals surface area contributed by atoms with Crippen molar-refractivity contribution < 1.29 is 4.79 Å². The van der Waals surface area contributed by atoms with Crippen LogP contribution in [0.4, 0.5) is 4.79 Å². The smallest absolute Gasteiger partial charge is 0.319 e. The molecule has 1 aliphatic heterocycles. The monoisotopic (exact) mass is 643 g/mol. The first-order chi connectivity index (χ1) is 22.8. The van der Waals surface area contributed by atoms with Crippen LogP contribution in [0.15, 0.2) is 24.3 Å². The van der Waals surface area contributed by atoms with Crippen LogP contribution in [0.2, 0.25) is 0 Å².